The average Bonchev–Trinajstić information content (AvgIpc) is 3.04. The molecule has 1 aliphatic rings. The number of urea groups is 1. The van der Waals surface area contributed by atoms with Crippen molar-refractivity contribution in [1.82, 2.24) is 19.4 Å². The number of imidazole rings is 1. The Labute approximate surface area is 152 Å². The summed E-state index contributed by atoms with van der Waals surface area (Å²) in [5, 5.41) is 2.81. The van der Waals surface area contributed by atoms with Gasteiger partial charge in [-0.05, 0) is 25.6 Å². The summed E-state index contributed by atoms with van der Waals surface area (Å²) < 4.78 is 20.9. The van der Waals surface area contributed by atoms with Crippen LogP contribution in [0.4, 0.5) is 14.9 Å². The zero-order chi connectivity index (χ0) is 18.8. The highest BCUT2D eigenvalue weighted by atomic mass is 19.1. The molecule has 3 rings (SSSR count). The fraction of sp³-hybridized carbons (Fsp3) is 0.444. The number of carbonyl (C=O) groups is 1. The number of benzene rings is 1. The lowest BCUT2D eigenvalue weighted by atomic mass is 10.1. The second kappa shape index (κ2) is 7.33. The van der Waals surface area contributed by atoms with Gasteiger partial charge in [-0.2, -0.15) is 0 Å². The van der Waals surface area contributed by atoms with Gasteiger partial charge in [-0.25, -0.2) is 14.2 Å². The SMILES string of the molecule is COc1cc(C)c(NC(=O)N2CCN(C)C(c3nccn3C)C2)cc1F. The fourth-order valence-corrected chi connectivity index (χ4v) is 3.18. The molecule has 1 aromatic heterocycles. The maximum Gasteiger partial charge on any atom is 0.321 e. The number of rotatable bonds is 3. The maximum absolute atomic E-state index is 14.0. The number of nitrogens with zero attached hydrogens (tertiary/aromatic N) is 4. The lowest BCUT2D eigenvalue weighted by Crippen LogP contribution is -2.50. The Balaban J connectivity index is 1.74. The molecule has 26 heavy (non-hydrogen) atoms. The molecule has 1 fully saturated rings. The Bertz CT molecular complexity index is 807. The van der Waals surface area contributed by atoms with Gasteiger partial charge in [-0.3, -0.25) is 4.90 Å². The van der Waals surface area contributed by atoms with Crippen molar-refractivity contribution in [3.63, 3.8) is 0 Å². The molecule has 2 amide bonds. The van der Waals surface area contributed by atoms with E-state index in [2.05, 4.69) is 15.2 Å². The highest BCUT2D eigenvalue weighted by Gasteiger charge is 2.31. The van der Waals surface area contributed by atoms with E-state index in [0.717, 1.165) is 17.9 Å². The average molecular weight is 361 g/mol. The zero-order valence-electron chi connectivity index (χ0n) is 15.5. The van der Waals surface area contributed by atoms with E-state index in [4.69, 9.17) is 4.74 Å². The Kier molecular flexibility index (Phi) is 5.13. The first kappa shape index (κ1) is 18.2. The normalized spacial score (nSPS) is 18.0. The van der Waals surface area contributed by atoms with Crippen molar-refractivity contribution in [2.45, 2.75) is 13.0 Å². The number of ether oxygens (including phenoxy) is 1. The predicted octanol–water partition coefficient (Wildman–Crippen LogP) is 2.40. The summed E-state index contributed by atoms with van der Waals surface area (Å²) in [6.07, 6.45) is 3.65. The van der Waals surface area contributed by atoms with Crippen LogP contribution in [0.25, 0.3) is 0 Å². The van der Waals surface area contributed by atoms with Crippen LogP contribution < -0.4 is 10.1 Å². The minimum atomic E-state index is -0.502. The van der Waals surface area contributed by atoms with Crippen LogP contribution >= 0.6 is 0 Å². The fourth-order valence-electron chi connectivity index (χ4n) is 3.18. The van der Waals surface area contributed by atoms with Gasteiger partial charge < -0.3 is 19.5 Å². The summed E-state index contributed by atoms with van der Waals surface area (Å²) in [5.74, 6) is 0.573. The van der Waals surface area contributed by atoms with Crippen LogP contribution in [0.3, 0.4) is 0 Å². The number of carbonyl (C=O) groups excluding carboxylic acids is 1. The third kappa shape index (κ3) is 3.50. The van der Waals surface area contributed by atoms with E-state index in [1.54, 1.807) is 24.1 Å². The molecule has 1 saturated heterocycles. The predicted molar refractivity (Wildman–Crippen MR) is 96.9 cm³/mol. The molecule has 0 bridgehead atoms. The summed E-state index contributed by atoms with van der Waals surface area (Å²) in [4.78, 5) is 21.0. The van der Waals surface area contributed by atoms with Gasteiger partial charge in [0.05, 0.1) is 13.2 Å². The third-order valence-electron chi connectivity index (χ3n) is 4.83. The van der Waals surface area contributed by atoms with Gasteiger partial charge in [0.15, 0.2) is 11.6 Å². The Morgan fingerprint density at radius 3 is 2.77 bits per heavy atom. The second-order valence-electron chi connectivity index (χ2n) is 6.57. The molecule has 8 heteroatoms. The number of halogens is 1. The Morgan fingerprint density at radius 1 is 1.35 bits per heavy atom. The van der Waals surface area contributed by atoms with E-state index in [1.165, 1.54) is 13.2 Å². The van der Waals surface area contributed by atoms with Crippen molar-refractivity contribution in [3.05, 3.63) is 41.7 Å². The lowest BCUT2D eigenvalue weighted by Gasteiger charge is -2.39. The molecular formula is C18H24FN5O2. The van der Waals surface area contributed by atoms with Gasteiger partial charge in [0.25, 0.3) is 0 Å². The van der Waals surface area contributed by atoms with E-state index >= 15 is 0 Å². The summed E-state index contributed by atoms with van der Waals surface area (Å²) in [5.41, 5.74) is 1.19. The summed E-state index contributed by atoms with van der Waals surface area (Å²) >= 11 is 0. The molecule has 140 valence electrons. The molecule has 7 nitrogen and oxygen atoms in total. The number of amides is 2. The highest BCUT2D eigenvalue weighted by Crippen LogP contribution is 2.27. The van der Waals surface area contributed by atoms with Gasteiger partial charge in [0.1, 0.15) is 5.82 Å². The molecule has 1 atom stereocenters. The molecule has 2 aromatic rings. The standard InChI is InChI=1S/C18H24FN5O2/c1-12-9-16(26-4)13(19)10-14(12)21-18(25)24-8-7-22(2)15(11-24)17-20-5-6-23(17)3/h5-6,9-10,15H,7-8,11H2,1-4H3,(H,21,25). The first-order valence-electron chi connectivity index (χ1n) is 8.48. The zero-order valence-corrected chi connectivity index (χ0v) is 15.5. The van der Waals surface area contributed by atoms with Gasteiger partial charge in [0, 0.05) is 50.8 Å². The van der Waals surface area contributed by atoms with Crippen molar-refractivity contribution in [2.24, 2.45) is 7.05 Å². The molecule has 1 unspecified atom stereocenters. The largest absolute Gasteiger partial charge is 0.494 e. The van der Waals surface area contributed by atoms with Crippen LogP contribution in [0.5, 0.6) is 5.75 Å². The van der Waals surface area contributed by atoms with Crippen molar-refractivity contribution >= 4 is 11.7 Å². The number of hydrogen-bond donors (Lipinski definition) is 1. The molecular weight excluding hydrogens is 337 g/mol. The van der Waals surface area contributed by atoms with Crippen molar-refractivity contribution in [2.75, 3.05) is 39.1 Å². The Morgan fingerprint density at radius 2 is 2.12 bits per heavy atom. The van der Waals surface area contributed by atoms with Crippen LogP contribution in [0, 0.1) is 12.7 Å². The van der Waals surface area contributed by atoms with Crippen LogP contribution in [-0.2, 0) is 7.05 Å². The van der Waals surface area contributed by atoms with Crippen LogP contribution in [0.15, 0.2) is 24.5 Å². The quantitative estimate of drug-likeness (QED) is 0.912. The monoisotopic (exact) mass is 361 g/mol. The number of likely N-dealkylation sites (N-methyl/N-ethyl adjacent to an activating group) is 1. The maximum atomic E-state index is 14.0. The van der Waals surface area contributed by atoms with Crippen LogP contribution in [0.1, 0.15) is 17.4 Å². The number of aryl methyl sites for hydroxylation is 2. The highest BCUT2D eigenvalue weighted by molar-refractivity contribution is 5.90. The van der Waals surface area contributed by atoms with Gasteiger partial charge in [0.2, 0.25) is 0 Å². The number of aromatic nitrogens is 2. The molecule has 2 heterocycles. The van der Waals surface area contributed by atoms with E-state index in [1.807, 2.05) is 24.9 Å². The second-order valence-corrected chi connectivity index (χ2v) is 6.57. The molecule has 0 radical (unpaired) electrons. The molecule has 1 aromatic carbocycles. The van der Waals surface area contributed by atoms with Crippen LogP contribution in [0.2, 0.25) is 0 Å². The van der Waals surface area contributed by atoms with Gasteiger partial charge >= 0.3 is 6.03 Å². The molecule has 1 aliphatic heterocycles. The van der Waals surface area contributed by atoms with E-state index in [0.29, 0.717) is 18.8 Å². The topological polar surface area (TPSA) is 62.6 Å². The van der Waals surface area contributed by atoms with Crippen molar-refractivity contribution < 1.29 is 13.9 Å². The number of methoxy groups -OCH3 is 1. The van der Waals surface area contributed by atoms with Crippen LogP contribution in [-0.4, -0.2) is 59.2 Å². The molecule has 0 spiro atoms. The van der Waals surface area contributed by atoms with E-state index in [-0.39, 0.29) is 17.8 Å². The number of piperazine rings is 1. The molecule has 0 saturated carbocycles. The van der Waals surface area contributed by atoms with E-state index in [9.17, 15) is 9.18 Å². The van der Waals surface area contributed by atoms with Crippen molar-refractivity contribution in [3.8, 4) is 5.75 Å². The lowest BCUT2D eigenvalue weighted by molar-refractivity contribution is 0.110. The number of nitrogens with one attached hydrogen (secondary N) is 1. The number of hydrogen-bond acceptors (Lipinski definition) is 4. The first-order valence-corrected chi connectivity index (χ1v) is 8.48. The smallest absolute Gasteiger partial charge is 0.321 e. The minimum Gasteiger partial charge on any atom is -0.494 e. The van der Waals surface area contributed by atoms with Gasteiger partial charge in [-0.1, -0.05) is 0 Å². The molecule has 0 aliphatic carbocycles. The third-order valence-corrected chi connectivity index (χ3v) is 4.83. The van der Waals surface area contributed by atoms with Gasteiger partial charge in [-0.15, -0.1) is 0 Å². The summed E-state index contributed by atoms with van der Waals surface area (Å²) in [7, 11) is 5.38. The first-order chi connectivity index (χ1) is 12.4. The Hall–Kier alpha value is -2.61. The number of anilines is 1. The summed E-state index contributed by atoms with van der Waals surface area (Å²) in [6.45, 7) is 3.66. The summed E-state index contributed by atoms with van der Waals surface area (Å²) in [6, 6.07) is 2.64. The minimum absolute atomic E-state index is 0.0169. The van der Waals surface area contributed by atoms with E-state index < -0.39 is 5.82 Å². The van der Waals surface area contributed by atoms with Crippen molar-refractivity contribution in [1.29, 1.82) is 0 Å². The molecule has 1 N–H and O–H groups in total.